The molecular weight excluding hydrogens is 340 g/mol. The maximum Gasteiger partial charge on any atom is 0.238 e. The average molecular weight is 357 g/mol. The van der Waals surface area contributed by atoms with Gasteiger partial charge in [-0.2, -0.15) is 0 Å². The number of halogens is 1. The Bertz CT molecular complexity index is 877. The zero-order valence-electron chi connectivity index (χ0n) is 13.5. The second kappa shape index (κ2) is 5.77. The number of rotatable bonds is 2. The number of nitrogens with two attached hydrogens (primary N) is 1. The molecule has 0 unspecified atom stereocenters. The number of carbonyl (C=O) groups excluding carboxylic acids is 2. The van der Waals surface area contributed by atoms with Gasteiger partial charge in [0.15, 0.2) is 0 Å². The zero-order valence-corrected chi connectivity index (χ0v) is 14.3. The first-order chi connectivity index (χ1) is 12.0. The molecule has 2 amide bonds. The van der Waals surface area contributed by atoms with Gasteiger partial charge >= 0.3 is 0 Å². The largest absolute Gasteiger partial charge is 0.457 e. The minimum atomic E-state index is -1.06. The Morgan fingerprint density at radius 3 is 2.48 bits per heavy atom. The van der Waals surface area contributed by atoms with Crippen LogP contribution in [0.1, 0.15) is 24.0 Å². The number of fused-ring (bicyclic) bond motifs is 2. The van der Waals surface area contributed by atoms with Crippen molar-refractivity contribution in [1.82, 2.24) is 4.90 Å². The van der Waals surface area contributed by atoms with Gasteiger partial charge in [0.25, 0.3) is 0 Å². The van der Waals surface area contributed by atoms with Gasteiger partial charge in [-0.3, -0.25) is 9.59 Å². The highest BCUT2D eigenvalue weighted by molar-refractivity contribution is 6.31. The number of hydrogen-bond donors (Lipinski definition) is 1. The number of primary amides is 1. The van der Waals surface area contributed by atoms with Crippen molar-refractivity contribution < 1.29 is 14.3 Å². The lowest BCUT2D eigenvalue weighted by atomic mass is 10.0. The van der Waals surface area contributed by atoms with Crippen LogP contribution in [-0.2, 0) is 22.7 Å². The van der Waals surface area contributed by atoms with Crippen molar-refractivity contribution in [2.75, 3.05) is 0 Å². The molecule has 2 N–H and O–H groups in total. The molecule has 1 heterocycles. The molecule has 25 heavy (non-hydrogen) atoms. The van der Waals surface area contributed by atoms with Gasteiger partial charge in [-0.15, -0.1) is 0 Å². The number of hydrogen-bond acceptors (Lipinski definition) is 3. The van der Waals surface area contributed by atoms with E-state index in [0.717, 1.165) is 11.1 Å². The molecule has 1 aliphatic heterocycles. The molecule has 4 rings (SSSR count). The fourth-order valence-electron chi connectivity index (χ4n) is 3.23. The predicted molar refractivity (Wildman–Crippen MR) is 93.1 cm³/mol. The van der Waals surface area contributed by atoms with Crippen LogP contribution in [0, 0.1) is 5.41 Å². The number of ether oxygens (including phenoxy) is 1. The Balaban J connectivity index is 1.80. The lowest BCUT2D eigenvalue weighted by Gasteiger charge is -2.30. The monoisotopic (exact) mass is 356 g/mol. The van der Waals surface area contributed by atoms with E-state index in [1.54, 1.807) is 11.0 Å². The maximum absolute atomic E-state index is 13.1. The number of para-hydroxylation sites is 1. The summed E-state index contributed by atoms with van der Waals surface area (Å²) in [7, 11) is 0. The van der Waals surface area contributed by atoms with E-state index < -0.39 is 11.3 Å². The van der Waals surface area contributed by atoms with Crippen LogP contribution in [0.5, 0.6) is 11.5 Å². The van der Waals surface area contributed by atoms with Gasteiger partial charge in [0, 0.05) is 22.7 Å². The summed E-state index contributed by atoms with van der Waals surface area (Å²) in [6.07, 6.45) is 1.01. The topological polar surface area (TPSA) is 72.6 Å². The van der Waals surface area contributed by atoms with E-state index in [1.165, 1.54) is 0 Å². The molecule has 0 spiro atoms. The smallest absolute Gasteiger partial charge is 0.238 e. The van der Waals surface area contributed by atoms with E-state index in [-0.39, 0.29) is 12.5 Å². The zero-order chi connectivity index (χ0) is 17.6. The fraction of sp³-hybridized carbons (Fsp3) is 0.263. The molecule has 0 saturated heterocycles. The quantitative estimate of drug-likeness (QED) is 0.839. The summed E-state index contributed by atoms with van der Waals surface area (Å²) in [5.41, 5.74) is 6.04. The second-order valence-electron chi connectivity index (χ2n) is 6.53. The SMILES string of the molecule is NC(=O)C1(C(=O)N2Cc3ccccc3Oc3cccc(Cl)c3C2)CC1. The number of benzene rings is 2. The average Bonchev–Trinajstić information content (AvgIpc) is 3.37. The first-order valence-corrected chi connectivity index (χ1v) is 8.51. The van der Waals surface area contributed by atoms with Crippen molar-refractivity contribution in [3.63, 3.8) is 0 Å². The fourth-order valence-corrected chi connectivity index (χ4v) is 3.46. The highest BCUT2D eigenvalue weighted by Crippen LogP contribution is 2.48. The van der Waals surface area contributed by atoms with E-state index in [2.05, 4.69) is 0 Å². The summed E-state index contributed by atoms with van der Waals surface area (Å²) in [4.78, 5) is 26.5. The Labute approximate surface area is 150 Å². The Hall–Kier alpha value is -2.53. The highest BCUT2D eigenvalue weighted by Gasteiger charge is 2.57. The number of carbonyl (C=O) groups is 2. The molecule has 0 radical (unpaired) electrons. The summed E-state index contributed by atoms with van der Waals surface area (Å²) >= 11 is 6.35. The molecule has 1 aliphatic carbocycles. The van der Waals surface area contributed by atoms with E-state index in [1.807, 2.05) is 36.4 Å². The predicted octanol–water partition coefficient (Wildman–Crippen LogP) is 3.24. The van der Waals surface area contributed by atoms with Gasteiger partial charge in [0.05, 0.1) is 6.54 Å². The third kappa shape index (κ3) is 2.65. The molecule has 2 aliphatic rings. The summed E-state index contributed by atoms with van der Waals surface area (Å²) in [6, 6.07) is 12.9. The van der Waals surface area contributed by atoms with Gasteiger partial charge in [-0.05, 0) is 31.0 Å². The summed E-state index contributed by atoms with van der Waals surface area (Å²) in [5.74, 6) is 0.500. The van der Waals surface area contributed by atoms with Gasteiger partial charge in [0.2, 0.25) is 11.8 Å². The van der Waals surface area contributed by atoms with Crippen LogP contribution >= 0.6 is 11.6 Å². The lowest BCUT2D eigenvalue weighted by molar-refractivity contribution is -0.144. The van der Waals surface area contributed by atoms with E-state index in [4.69, 9.17) is 22.1 Å². The normalized spacial score (nSPS) is 17.4. The molecule has 128 valence electrons. The molecule has 1 fully saturated rings. The Morgan fingerprint density at radius 2 is 1.76 bits per heavy atom. The number of nitrogens with zero attached hydrogens (tertiary/aromatic N) is 1. The van der Waals surface area contributed by atoms with Crippen LogP contribution in [-0.4, -0.2) is 16.7 Å². The molecule has 5 nitrogen and oxygen atoms in total. The van der Waals surface area contributed by atoms with Crippen LogP contribution < -0.4 is 10.5 Å². The van der Waals surface area contributed by atoms with Gasteiger partial charge in [-0.1, -0.05) is 35.9 Å². The van der Waals surface area contributed by atoms with E-state index >= 15 is 0 Å². The molecule has 0 aromatic heterocycles. The Morgan fingerprint density at radius 1 is 1.04 bits per heavy atom. The van der Waals surface area contributed by atoms with Crippen molar-refractivity contribution in [3.05, 3.63) is 58.6 Å². The first kappa shape index (κ1) is 16.0. The first-order valence-electron chi connectivity index (χ1n) is 8.14. The molecule has 2 aromatic carbocycles. The third-order valence-corrected chi connectivity index (χ3v) is 5.25. The van der Waals surface area contributed by atoms with Crippen LogP contribution in [0.3, 0.4) is 0 Å². The minimum absolute atomic E-state index is 0.234. The van der Waals surface area contributed by atoms with Crippen LogP contribution in [0.2, 0.25) is 5.02 Å². The molecule has 0 bridgehead atoms. The van der Waals surface area contributed by atoms with Gasteiger partial charge < -0.3 is 15.4 Å². The summed E-state index contributed by atoms with van der Waals surface area (Å²) in [5, 5.41) is 0.526. The number of amides is 2. The van der Waals surface area contributed by atoms with Crippen molar-refractivity contribution in [2.24, 2.45) is 11.1 Å². The van der Waals surface area contributed by atoms with Crippen LogP contribution in [0.25, 0.3) is 0 Å². The van der Waals surface area contributed by atoms with Crippen molar-refractivity contribution in [3.8, 4) is 11.5 Å². The summed E-state index contributed by atoms with van der Waals surface area (Å²) < 4.78 is 6.03. The molecule has 2 aromatic rings. The molecule has 0 atom stereocenters. The standard InChI is InChI=1S/C19H17ClN2O3/c20-14-5-3-7-16-13(14)11-22(18(24)19(8-9-19)17(21)23)10-12-4-1-2-6-15(12)25-16/h1-7H,8-11H2,(H2,21,23). The van der Waals surface area contributed by atoms with Crippen molar-refractivity contribution in [2.45, 2.75) is 25.9 Å². The lowest BCUT2D eigenvalue weighted by Crippen LogP contribution is -2.43. The van der Waals surface area contributed by atoms with Gasteiger partial charge in [-0.25, -0.2) is 0 Å². The highest BCUT2D eigenvalue weighted by atomic mass is 35.5. The molecular formula is C19H17ClN2O3. The van der Waals surface area contributed by atoms with E-state index in [9.17, 15) is 9.59 Å². The Kier molecular flexibility index (Phi) is 3.69. The minimum Gasteiger partial charge on any atom is -0.457 e. The molecule has 6 heteroatoms. The third-order valence-electron chi connectivity index (χ3n) is 4.90. The second-order valence-corrected chi connectivity index (χ2v) is 6.94. The van der Waals surface area contributed by atoms with Crippen LogP contribution in [0.15, 0.2) is 42.5 Å². The van der Waals surface area contributed by atoms with Crippen LogP contribution in [0.4, 0.5) is 0 Å². The van der Waals surface area contributed by atoms with Crippen molar-refractivity contribution >= 4 is 23.4 Å². The van der Waals surface area contributed by atoms with Gasteiger partial charge in [0.1, 0.15) is 16.9 Å². The van der Waals surface area contributed by atoms with Crippen molar-refractivity contribution in [1.29, 1.82) is 0 Å². The van der Waals surface area contributed by atoms with E-state index in [0.29, 0.717) is 35.9 Å². The summed E-state index contributed by atoms with van der Waals surface area (Å²) in [6.45, 7) is 0.617. The maximum atomic E-state index is 13.1. The molecule has 1 saturated carbocycles.